The van der Waals surface area contributed by atoms with Gasteiger partial charge in [0.1, 0.15) is 23.4 Å². The van der Waals surface area contributed by atoms with Gasteiger partial charge in [-0.05, 0) is 35.4 Å². The molecule has 0 unspecified atom stereocenters. The first-order valence-electron chi connectivity index (χ1n) is 7.82. The molecule has 29 heavy (non-hydrogen) atoms. The predicted molar refractivity (Wildman–Crippen MR) is 97.6 cm³/mol. The Morgan fingerprint density at radius 2 is 1.14 bits per heavy atom. The fourth-order valence-corrected chi connectivity index (χ4v) is 2.04. The summed E-state index contributed by atoms with van der Waals surface area (Å²) in [6.45, 7) is 0. The SMILES string of the molecule is N[C@H](C(=O)O)c1ccc(C(=O)O)c(O)c1.N[C@H](C(=O)O)c1ccc(C(=O)O)cc1. The van der Waals surface area contributed by atoms with E-state index >= 15 is 0 Å². The summed E-state index contributed by atoms with van der Waals surface area (Å²) in [6.07, 6.45) is 0. The van der Waals surface area contributed by atoms with Crippen molar-refractivity contribution in [3.63, 3.8) is 0 Å². The maximum atomic E-state index is 10.5. The van der Waals surface area contributed by atoms with E-state index in [1.807, 2.05) is 0 Å². The molecule has 0 radical (unpaired) electrons. The number of nitrogens with two attached hydrogens (primary N) is 2. The molecule has 154 valence electrons. The van der Waals surface area contributed by atoms with Crippen LogP contribution >= 0.6 is 0 Å². The summed E-state index contributed by atoms with van der Waals surface area (Å²) in [7, 11) is 0. The Balaban J connectivity index is 0.000000291. The first-order chi connectivity index (χ1) is 13.5. The average molecular weight is 406 g/mol. The Morgan fingerprint density at radius 3 is 1.52 bits per heavy atom. The highest BCUT2D eigenvalue weighted by atomic mass is 16.4. The van der Waals surface area contributed by atoms with Crippen LogP contribution < -0.4 is 11.5 Å². The van der Waals surface area contributed by atoms with Gasteiger partial charge in [-0.15, -0.1) is 0 Å². The molecule has 0 saturated heterocycles. The van der Waals surface area contributed by atoms with E-state index in [1.165, 1.54) is 30.3 Å². The van der Waals surface area contributed by atoms with Gasteiger partial charge in [-0.3, -0.25) is 9.59 Å². The molecule has 11 nitrogen and oxygen atoms in total. The average Bonchev–Trinajstić information content (AvgIpc) is 2.66. The monoisotopic (exact) mass is 406 g/mol. The Kier molecular flexibility index (Phi) is 7.82. The number of hydrogen-bond acceptors (Lipinski definition) is 7. The van der Waals surface area contributed by atoms with Crippen LogP contribution in [0.3, 0.4) is 0 Å². The summed E-state index contributed by atoms with van der Waals surface area (Å²) in [4.78, 5) is 42.0. The highest BCUT2D eigenvalue weighted by Gasteiger charge is 2.17. The van der Waals surface area contributed by atoms with Gasteiger partial charge in [0, 0.05) is 0 Å². The lowest BCUT2D eigenvalue weighted by Crippen LogP contribution is -2.20. The van der Waals surface area contributed by atoms with Crippen molar-refractivity contribution >= 4 is 23.9 Å². The highest BCUT2D eigenvalue weighted by Crippen LogP contribution is 2.22. The smallest absolute Gasteiger partial charge is 0.339 e. The molecular formula is C18H18N2O9. The molecule has 0 aliphatic carbocycles. The normalized spacial score (nSPS) is 12.1. The van der Waals surface area contributed by atoms with Crippen molar-refractivity contribution in [3.8, 4) is 5.75 Å². The minimum atomic E-state index is -1.29. The van der Waals surface area contributed by atoms with Crippen molar-refractivity contribution < 1.29 is 44.7 Å². The molecule has 0 saturated carbocycles. The Hall–Kier alpha value is -3.96. The van der Waals surface area contributed by atoms with E-state index in [1.54, 1.807) is 0 Å². The van der Waals surface area contributed by atoms with Crippen LogP contribution in [0.4, 0.5) is 0 Å². The molecule has 0 aliphatic rings. The van der Waals surface area contributed by atoms with Crippen molar-refractivity contribution in [2.45, 2.75) is 12.1 Å². The van der Waals surface area contributed by atoms with Crippen LogP contribution in [0, 0.1) is 0 Å². The van der Waals surface area contributed by atoms with Gasteiger partial charge in [-0.25, -0.2) is 9.59 Å². The molecule has 0 fully saturated rings. The molecule has 0 aliphatic heterocycles. The number of aromatic carboxylic acids is 2. The second kappa shape index (κ2) is 9.82. The van der Waals surface area contributed by atoms with Crippen molar-refractivity contribution in [2.24, 2.45) is 11.5 Å². The number of aliphatic carboxylic acids is 2. The zero-order valence-electron chi connectivity index (χ0n) is 14.7. The summed E-state index contributed by atoms with van der Waals surface area (Å²) >= 11 is 0. The summed E-state index contributed by atoms with van der Waals surface area (Å²) in [5, 5.41) is 43.6. The third kappa shape index (κ3) is 6.30. The molecule has 0 amide bonds. The molecular weight excluding hydrogens is 388 g/mol. The topological polar surface area (TPSA) is 221 Å². The van der Waals surface area contributed by atoms with Crippen LogP contribution in [0.5, 0.6) is 5.75 Å². The molecule has 2 rings (SSSR count). The van der Waals surface area contributed by atoms with Gasteiger partial charge in [-0.2, -0.15) is 0 Å². The van der Waals surface area contributed by atoms with Crippen LogP contribution in [-0.2, 0) is 9.59 Å². The molecule has 11 heteroatoms. The van der Waals surface area contributed by atoms with Gasteiger partial charge < -0.3 is 37.0 Å². The standard InChI is InChI=1S/C9H9NO5.C9H9NO4/c10-7(9(14)15)4-1-2-5(8(12)13)6(11)3-4;10-7(9(13)14)5-1-3-6(4-2-5)8(11)12/h1-3,7,11H,10H2,(H,12,13)(H,14,15);1-4,7H,10H2,(H,11,12)(H,13,14)/t2*7-/m00/s1. The third-order valence-electron chi connectivity index (χ3n) is 3.66. The van der Waals surface area contributed by atoms with Crippen molar-refractivity contribution in [2.75, 3.05) is 0 Å². The molecule has 0 bridgehead atoms. The Labute approximate surface area is 163 Å². The molecule has 9 N–H and O–H groups in total. The highest BCUT2D eigenvalue weighted by molar-refractivity contribution is 5.91. The zero-order valence-corrected chi connectivity index (χ0v) is 14.7. The largest absolute Gasteiger partial charge is 0.507 e. The van der Waals surface area contributed by atoms with E-state index in [0.29, 0.717) is 5.56 Å². The van der Waals surface area contributed by atoms with E-state index in [9.17, 15) is 24.3 Å². The lowest BCUT2D eigenvalue weighted by molar-refractivity contribution is -0.139. The maximum Gasteiger partial charge on any atom is 0.339 e. The number of phenols is 1. The molecule has 0 heterocycles. The van der Waals surface area contributed by atoms with Crippen molar-refractivity contribution in [1.29, 1.82) is 0 Å². The Bertz CT molecular complexity index is 925. The van der Waals surface area contributed by atoms with E-state index in [2.05, 4.69) is 0 Å². The van der Waals surface area contributed by atoms with E-state index in [0.717, 1.165) is 12.1 Å². The van der Waals surface area contributed by atoms with Gasteiger partial charge in [0.05, 0.1) is 5.56 Å². The van der Waals surface area contributed by atoms with Crippen molar-refractivity contribution in [3.05, 3.63) is 64.7 Å². The maximum absolute atomic E-state index is 10.5. The van der Waals surface area contributed by atoms with E-state index in [-0.39, 0.29) is 16.7 Å². The van der Waals surface area contributed by atoms with Gasteiger partial charge in [0.25, 0.3) is 0 Å². The number of aromatic hydroxyl groups is 1. The summed E-state index contributed by atoms with van der Waals surface area (Å²) in [5.41, 5.74) is 10.9. The minimum Gasteiger partial charge on any atom is -0.507 e. The number of benzene rings is 2. The van der Waals surface area contributed by atoms with Crippen LogP contribution in [0.2, 0.25) is 0 Å². The van der Waals surface area contributed by atoms with Crippen LogP contribution in [0.25, 0.3) is 0 Å². The number of carbonyl (C=O) groups is 4. The third-order valence-corrected chi connectivity index (χ3v) is 3.66. The number of rotatable bonds is 6. The molecule has 2 aromatic carbocycles. The fourth-order valence-electron chi connectivity index (χ4n) is 2.04. The Morgan fingerprint density at radius 1 is 0.690 bits per heavy atom. The fraction of sp³-hybridized carbons (Fsp3) is 0.111. The number of hydrogen-bond donors (Lipinski definition) is 7. The summed E-state index contributed by atoms with van der Waals surface area (Å²) < 4.78 is 0. The molecule has 0 spiro atoms. The first kappa shape index (κ1) is 23.1. The summed E-state index contributed by atoms with van der Waals surface area (Å²) in [6, 6.07) is 6.42. The van der Waals surface area contributed by atoms with Crippen LogP contribution in [0.1, 0.15) is 43.9 Å². The van der Waals surface area contributed by atoms with Gasteiger partial charge >= 0.3 is 23.9 Å². The van der Waals surface area contributed by atoms with E-state index in [4.69, 9.17) is 31.9 Å². The lowest BCUT2D eigenvalue weighted by atomic mass is 10.0. The quantitative estimate of drug-likeness (QED) is 0.352. The first-order valence-corrected chi connectivity index (χ1v) is 7.82. The summed E-state index contributed by atoms with van der Waals surface area (Å²) in [5.74, 6) is -5.24. The lowest BCUT2D eigenvalue weighted by Gasteiger charge is -2.08. The van der Waals surface area contributed by atoms with Gasteiger partial charge in [0.2, 0.25) is 0 Å². The molecule has 2 atom stereocenters. The second-order valence-electron chi connectivity index (χ2n) is 5.64. The van der Waals surface area contributed by atoms with Gasteiger partial charge in [-0.1, -0.05) is 18.2 Å². The predicted octanol–water partition coefficient (Wildman–Crippen LogP) is 0.644. The van der Waals surface area contributed by atoms with Crippen molar-refractivity contribution in [1.82, 2.24) is 0 Å². The molecule has 2 aromatic rings. The molecule has 0 aromatic heterocycles. The zero-order chi connectivity index (χ0) is 22.3. The van der Waals surface area contributed by atoms with Crippen LogP contribution in [0.15, 0.2) is 42.5 Å². The van der Waals surface area contributed by atoms with E-state index < -0.39 is 41.7 Å². The number of carboxylic acid groups (broad SMARTS) is 4. The number of carboxylic acids is 4. The minimum absolute atomic E-state index is 0.103. The second-order valence-corrected chi connectivity index (χ2v) is 5.64. The van der Waals surface area contributed by atoms with Crippen LogP contribution in [-0.4, -0.2) is 49.4 Å². The van der Waals surface area contributed by atoms with Gasteiger partial charge in [0.15, 0.2) is 0 Å².